The summed E-state index contributed by atoms with van der Waals surface area (Å²) in [4.78, 5) is 33.4. The number of fused-ring (bicyclic) bond motifs is 3. The van der Waals surface area contributed by atoms with Gasteiger partial charge in [0, 0.05) is 11.3 Å². The largest absolute Gasteiger partial charge is 0.495 e. The Bertz CT molecular complexity index is 1460. The van der Waals surface area contributed by atoms with Crippen LogP contribution < -0.4 is 15.6 Å². The van der Waals surface area contributed by atoms with Crippen LogP contribution in [0, 0.1) is 5.92 Å². The third-order valence-corrected chi connectivity index (χ3v) is 8.22. The summed E-state index contributed by atoms with van der Waals surface area (Å²) in [6, 6.07) is 16.7. The van der Waals surface area contributed by atoms with Gasteiger partial charge in [-0.2, -0.15) is 0 Å². The Morgan fingerprint density at radius 2 is 1.97 bits per heavy atom. The second-order valence-corrected chi connectivity index (χ2v) is 10.9. The van der Waals surface area contributed by atoms with Crippen molar-refractivity contribution >= 4 is 44.9 Å². The van der Waals surface area contributed by atoms with Crippen LogP contribution >= 0.6 is 23.1 Å². The molecule has 36 heavy (non-hydrogen) atoms. The number of thioether (sulfide) groups is 1. The summed E-state index contributed by atoms with van der Waals surface area (Å²) < 4.78 is 13.0. The van der Waals surface area contributed by atoms with Gasteiger partial charge in [-0.15, -0.1) is 11.3 Å². The van der Waals surface area contributed by atoms with Gasteiger partial charge in [-0.1, -0.05) is 55.9 Å². The predicted molar refractivity (Wildman–Crippen MR) is 145 cm³/mol. The number of rotatable bonds is 7. The normalized spacial score (nSPS) is 15.2. The first-order valence-electron chi connectivity index (χ1n) is 11.8. The summed E-state index contributed by atoms with van der Waals surface area (Å²) in [6.45, 7) is 4.76. The van der Waals surface area contributed by atoms with E-state index < -0.39 is 0 Å². The van der Waals surface area contributed by atoms with Crippen molar-refractivity contribution in [2.24, 2.45) is 5.92 Å². The molecular formula is C27H27N3O4S2. The molecule has 1 N–H and O–H groups in total. The molecule has 2 aromatic carbocycles. The molecule has 0 aliphatic carbocycles. The van der Waals surface area contributed by atoms with Crippen LogP contribution in [0.15, 0.2) is 64.5 Å². The molecule has 0 saturated heterocycles. The highest BCUT2D eigenvalue weighted by molar-refractivity contribution is 7.99. The lowest BCUT2D eigenvalue weighted by Crippen LogP contribution is -2.28. The molecule has 0 unspecified atom stereocenters. The van der Waals surface area contributed by atoms with E-state index in [0.29, 0.717) is 45.8 Å². The third kappa shape index (κ3) is 4.78. The van der Waals surface area contributed by atoms with E-state index in [4.69, 9.17) is 14.5 Å². The number of thiophene rings is 1. The molecule has 1 amide bonds. The number of aromatic nitrogens is 2. The number of anilines is 1. The van der Waals surface area contributed by atoms with Crippen molar-refractivity contribution in [2.45, 2.75) is 38.1 Å². The van der Waals surface area contributed by atoms with Gasteiger partial charge in [0.05, 0.1) is 42.3 Å². The minimum Gasteiger partial charge on any atom is -0.495 e. The molecule has 3 heterocycles. The van der Waals surface area contributed by atoms with Gasteiger partial charge in [-0.3, -0.25) is 14.2 Å². The van der Waals surface area contributed by atoms with Crippen molar-refractivity contribution in [2.75, 3.05) is 18.2 Å². The highest BCUT2D eigenvalue weighted by atomic mass is 32.2. The Morgan fingerprint density at radius 3 is 2.72 bits per heavy atom. The van der Waals surface area contributed by atoms with Crippen LogP contribution in [0.3, 0.4) is 0 Å². The number of methoxy groups -OCH3 is 1. The van der Waals surface area contributed by atoms with Crippen LogP contribution in [0.25, 0.3) is 15.9 Å². The molecule has 4 aromatic rings. The van der Waals surface area contributed by atoms with Crippen molar-refractivity contribution in [3.05, 3.63) is 75.4 Å². The molecule has 7 nitrogen and oxygen atoms in total. The average molecular weight is 522 g/mol. The fourth-order valence-corrected chi connectivity index (χ4v) is 6.28. The van der Waals surface area contributed by atoms with E-state index in [1.165, 1.54) is 23.1 Å². The van der Waals surface area contributed by atoms with E-state index in [1.54, 1.807) is 23.8 Å². The molecular weight excluding hydrogens is 494 g/mol. The van der Waals surface area contributed by atoms with Crippen LogP contribution in [-0.2, 0) is 22.6 Å². The molecule has 186 valence electrons. The van der Waals surface area contributed by atoms with Gasteiger partial charge in [-0.05, 0) is 35.7 Å². The molecule has 1 aliphatic rings. The van der Waals surface area contributed by atoms with Gasteiger partial charge >= 0.3 is 0 Å². The number of nitrogens with zero attached hydrogens (tertiary/aromatic N) is 2. The Balaban J connectivity index is 1.51. The number of nitrogens with one attached hydrogen (secondary N) is 1. The molecule has 1 atom stereocenters. The van der Waals surface area contributed by atoms with Crippen molar-refractivity contribution in [1.82, 2.24) is 9.55 Å². The van der Waals surface area contributed by atoms with Crippen molar-refractivity contribution in [1.29, 1.82) is 0 Å². The van der Waals surface area contributed by atoms with Crippen LogP contribution in [0.1, 0.15) is 24.3 Å². The van der Waals surface area contributed by atoms with E-state index in [9.17, 15) is 9.59 Å². The Hall–Kier alpha value is -3.14. The van der Waals surface area contributed by atoms with E-state index in [-0.39, 0.29) is 23.3 Å². The smallest absolute Gasteiger partial charge is 0.267 e. The number of carbonyl (C=O) groups excluding carboxylic acids is 1. The van der Waals surface area contributed by atoms with Crippen molar-refractivity contribution < 1.29 is 14.3 Å². The van der Waals surface area contributed by atoms with E-state index in [0.717, 1.165) is 16.1 Å². The molecule has 1 aliphatic heterocycles. The van der Waals surface area contributed by atoms with Crippen LogP contribution in [0.4, 0.5) is 5.69 Å². The first kappa shape index (κ1) is 24.5. The average Bonchev–Trinajstić information content (AvgIpc) is 3.26. The van der Waals surface area contributed by atoms with E-state index in [1.807, 2.05) is 42.5 Å². The second-order valence-electron chi connectivity index (χ2n) is 8.89. The van der Waals surface area contributed by atoms with Crippen molar-refractivity contribution in [3.8, 4) is 11.4 Å². The highest BCUT2D eigenvalue weighted by Crippen LogP contribution is 2.36. The number of benzene rings is 2. The minimum atomic E-state index is -0.211. The maximum Gasteiger partial charge on any atom is 0.267 e. The maximum absolute atomic E-state index is 13.9. The Kier molecular flexibility index (Phi) is 7.13. The summed E-state index contributed by atoms with van der Waals surface area (Å²) in [6.07, 6.45) is 0.777. The first-order chi connectivity index (χ1) is 17.5. The zero-order valence-electron chi connectivity index (χ0n) is 20.3. The number of amides is 1. The molecule has 2 aromatic heterocycles. The lowest BCUT2D eigenvalue weighted by Gasteiger charge is -2.26. The van der Waals surface area contributed by atoms with Crippen LogP contribution in [0.2, 0.25) is 0 Å². The zero-order valence-corrected chi connectivity index (χ0v) is 21.9. The predicted octanol–water partition coefficient (Wildman–Crippen LogP) is 5.28. The van der Waals surface area contributed by atoms with E-state index >= 15 is 0 Å². The van der Waals surface area contributed by atoms with Gasteiger partial charge < -0.3 is 14.8 Å². The fourth-order valence-electron chi connectivity index (χ4n) is 4.30. The number of para-hydroxylation sites is 3. The topological polar surface area (TPSA) is 82.5 Å². The molecule has 0 fully saturated rings. The standard InChI is InChI=1S/C27H27N3O4S2/c1-16(2)21-13-18-22(14-34-21)36-25-24(18)26(32)30(17-9-5-4-6-10-17)27(29-25)35-15-23(31)28-19-11-7-8-12-20(19)33-3/h4-12,16,21H,13-15H2,1-3H3,(H,28,31)/t21-/m0/s1. The van der Waals surface area contributed by atoms with Crippen molar-refractivity contribution in [3.63, 3.8) is 0 Å². The SMILES string of the molecule is COc1ccccc1NC(=O)CSc1nc2sc3c(c2c(=O)n1-c1ccccc1)C[C@@H](C(C)C)OC3. The number of ether oxygens (including phenoxy) is 2. The molecule has 0 radical (unpaired) electrons. The monoisotopic (exact) mass is 521 g/mol. The number of carbonyl (C=O) groups is 1. The lowest BCUT2D eigenvalue weighted by atomic mass is 9.96. The van der Waals surface area contributed by atoms with Crippen LogP contribution in [0.5, 0.6) is 5.75 Å². The van der Waals surface area contributed by atoms with Gasteiger partial charge in [0.2, 0.25) is 5.91 Å². The minimum absolute atomic E-state index is 0.0765. The fraction of sp³-hybridized carbons (Fsp3) is 0.296. The summed E-state index contributed by atoms with van der Waals surface area (Å²) in [5.41, 5.74) is 2.25. The Morgan fingerprint density at radius 1 is 1.22 bits per heavy atom. The summed E-state index contributed by atoms with van der Waals surface area (Å²) in [5, 5.41) is 4.03. The molecule has 5 rings (SSSR count). The molecule has 0 bridgehead atoms. The quantitative estimate of drug-likeness (QED) is 0.263. The highest BCUT2D eigenvalue weighted by Gasteiger charge is 2.29. The third-order valence-electron chi connectivity index (χ3n) is 6.18. The van der Waals surface area contributed by atoms with E-state index in [2.05, 4.69) is 19.2 Å². The van der Waals surface area contributed by atoms with Gasteiger partial charge in [0.1, 0.15) is 10.6 Å². The zero-order chi connectivity index (χ0) is 25.2. The number of hydrogen-bond donors (Lipinski definition) is 1. The molecule has 0 spiro atoms. The summed E-state index contributed by atoms with van der Waals surface area (Å²) in [7, 11) is 1.56. The maximum atomic E-state index is 13.9. The molecule has 0 saturated carbocycles. The van der Waals surface area contributed by atoms with Gasteiger partial charge in [-0.25, -0.2) is 4.98 Å². The number of hydrogen-bond acceptors (Lipinski definition) is 7. The summed E-state index contributed by atoms with van der Waals surface area (Å²) >= 11 is 2.75. The Labute approximate surface area is 217 Å². The van der Waals surface area contributed by atoms with Gasteiger partial charge in [0.25, 0.3) is 5.56 Å². The second kappa shape index (κ2) is 10.5. The lowest BCUT2D eigenvalue weighted by molar-refractivity contribution is -0.113. The van der Waals surface area contributed by atoms with Crippen LogP contribution in [-0.4, -0.2) is 34.4 Å². The summed E-state index contributed by atoms with van der Waals surface area (Å²) in [5.74, 6) is 0.820. The van der Waals surface area contributed by atoms with Gasteiger partial charge in [0.15, 0.2) is 5.16 Å². The first-order valence-corrected chi connectivity index (χ1v) is 13.6. The molecule has 9 heteroatoms.